The second kappa shape index (κ2) is 12.2. The summed E-state index contributed by atoms with van der Waals surface area (Å²) in [5.74, 6) is -1.00. The van der Waals surface area contributed by atoms with E-state index in [2.05, 4.69) is 0 Å². The van der Waals surface area contributed by atoms with E-state index in [1.54, 1.807) is 0 Å². The Morgan fingerprint density at radius 1 is 1.05 bits per heavy atom. The van der Waals surface area contributed by atoms with Crippen molar-refractivity contribution in [1.82, 2.24) is 9.21 Å². The van der Waals surface area contributed by atoms with Crippen LogP contribution in [0.15, 0.2) is 64.9 Å². The van der Waals surface area contributed by atoms with Crippen LogP contribution >= 0.6 is 11.3 Å². The van der Waals surface area contributed by atoms with Crippen LogP contribution in [-0.2, 0) is 38.8 Å². The van der Waals surface area contributed by atoms with Gasteiger partial charge in [-0.05, 0) is 59.8 Å². The van der Waals surface area contributed by atoms with E-state index in [4.69, 9.17) is 4.74 Å². The van der Waals surface area contributed by atoms with Crippen molar-refractivity contribution in [3.05, 3.63) is 87.4 Å². The second-order valence-electron chi connectivity index (χ2n) is 8.26. The van der Waals surface area contributed by atoms with Crippen molar-refractivity contribution in [2.24, 2.45) is 0 Å². The lowest BCUT2D eigenvalue weighted by molar-refractivity contribution is -0.137. The molecule has 6 nitrogen and oxygen atoms in total. The Balaban J connectivity index is 1.91. The fourth-order valence-corrected chi connectivity index (χ4v) is 5.83. The number of hydrogen-bond acceptors (Lipinski definition) is 5. The average Bonchev–Trinajstić information content (AvgIpc) is 3.26. The molecule has 0 aliphatic heterocycles. The van der Waals surface area contributed by atoms with Gasteiger partial charge in [-0.25, -0.2) is 12.8 Å². The summed E-state index contributed by atoms with van der Waals surface area (Å²) < 4.78 is 85.5. The zero-order valence-corrected chi connectivity index (χ0v) is 21.8. The van der Waals surface area contributed by atoms with E-state index >= 15 is 0 Å². The van der Waals surface area contributed by atoms with Gasteiger partial charge in [0.05, 0.1) is 30.2 Å². The van der Waals surface area contributed by atoms with E-state index in [9.17, 15) is 30.8 Å². The number of ether oxygens (including phenoxy) is 1. The molecule has 2 aromatic carbocycles. The van der Waals surface area contributed by atoms with Crippen molar-refractivity contribution >= 4 is 27.3 Å². The molecule has 0 bridgehead atoms. The first-order valence-electron chi connectivity index (χ1n) is 11.1. The third-order valence-corrected chi connectivity index (χ3v) is 8.45. The summed E-state index contributed by atoms with van der Waals surface area (Å²) in [6.45, 7) is 1.21. The Morgan fingerprint density at radius 3 is 2.35 bits per heavy atom. The van der Waals surface area contributed by atoms with Gasteiger partial charge >= 0.3 is 6.18 Å². The summed E-state index contributed by atoms with van der Waals surface area (Å²) in [6.07, 6.45) is -4.73. The minimum Gasteiger partial charge on any atom is -0.383 e. The molecule has 0 unspecified atom stereocenters. The summed E-state index contributed by atoms with van der Waals surface area (Å²) in [5, 5.41) is 1.87. The van der Waals surface area contributed by atoms with Gasteiger partial charge in [0.15, 0.2) is 0 Å². The summed E-state index contributed by atoms with van der Waals surface area (Å²) in [7, 11) is -3.13. The molecule has 0 fully saturated rings. The smallest absolute Gasteiger partial charge is 0.383 e. The van der Waals surface area contributed by atoms with Crippen molar-refractivity contribution < 1.29 is 35.5 Å². The van der Waals surface area contributed by atoms with E-state index in [1.165, 1.54) is 47.6 Å². The van der Waals surface area contributed by atoms with Crippen molar-refractivity contribution in [3.63, 3.8) is 0 Å². The van der Waals surface area contributed by atoms with Gasteiger partial charge in [-0.1, -0.05) is 18.2 Å². The summed E-state index contributed by atoms with van der Waals surface area (Å²) in [5.41, 5.74) is 0.473. The van der Waals surface area contributed by atoms with Crippen LogP contribution in [0.3, 0.4) is 0 Å². The maximum absolute atomic E-state index is 13.5. The van der Waals surface area contributed by atoms with Gasteiger partial charge in [0.25, 0.3) is 0 Å². The zero-order chi connectivity index (χ0) is 27.2. The maximum atomic E-state index is 13.5. The van der Waals surface area contributed by atoms with E-state index in [1.807, 2.05) is 18.4 Å². The van der Waals surface area contributed by atoms with Crippen molar-refractivity contribution in [3.8, 4) is 0 Å². The molecular formula is C25H26F4N2O4S2. The first kappa shape index (κ1) is 28.8. The third kappa shape index (κ3) is 7.60. The highest BCUT2D eigenvalue weighted by atomic mass is 32.2. The maximum Gasteiger partial charge on any atom is 0.416 e. The van der Waals surface area contributed by atoms with Crippen LogP contribution in [0.4, 0.5) is 17.6 Å². The predicted molar refractivity (Wildman–Crippen MR) is 132 cm³/mol. The number of hydrogen-bond donors (Lipinski definition) is 0. The van der Waals surface area contributed by atoms with Crippen LogP contribution in [0.1, 0.15) is 21.6 Å². The standard InChI is InChI=1S/C25H26F4N2O4S2/c1-18-10-13-36-23(18)16-30(15-19-6-8-21(26)9-7-19)24(32)17-31(11-12-35-2)37(33,34)22-5-3-4-20(14-22)25(27,28)29/h3-10,13-14H,11-12,15-17H2,1-2H3. The predicted octanol–water partition coefficient (Wildman–Crippen LogP) is 5.08. The number of sulfonamides is 1. The number of alkyl halides is 3. The summed E-state index contributed by atoms with van der Waals surface area (Å²) in [4.78, 5) is 15.2. The first-order chi connectivity index (χ1) is 17.4. The highest BCUT2D eigenvalue weighted by Gasteiger charge is 2.34. The lowest BCUT2D eigenvalue weighted by Crippen LogP contribution is -2.43. The number of benzene rings is 2. The molecule has 37 heavy (non-hydrogen) atoms. The highest BCUT2D eigenvalue weighted by molar-refractivity contribution is 7.89. The Hall–Kier alpha value is -2.80. The third-order valence-electron chi connectivity index (χ3n) is 5.60. The molecule has 0 aliphatic carbocycles. The van der Waals surface area contributed by atoms with Gasteiger partial charge in [0.1, 0.15) is 5.82 Å². The molecule has 3 rings (SSSR count). The fourth-order valence-electron chi connectivity index (χ4n) is 3.49. The Kier molecular flexibility index (Phi) is 9.46. The van der Waals surface area contributed by atoms with Crippen LogP contribution in [0.25, 0.3) is 0 Å². The molecule has 0 saturated carbocycles. The Morgan fingerprint density at radius 2 is 1.76 bits per heavy atom. The molecule has 3 aromatic rings. The van der Waals surface area contributed by atoms with Crippen LogP contribution < -0.4 is 0 Å². The van der Waals surface area contributed by atoms with E-state index in [0.717, 1.165) is 32.9 Å². The number of nitrogens with zero attached hydrogens (tertiary/aromatic N) is 2. The normalized spacial score (nSPS) is 12.2. The molecule has 0 saturated heterocycles. The number of carbonyl (C=O) groups is 1. The average molecular weight is 559 g/mol. The summed E-state index contributed by atoms with van der Waals surface area (Å²) in [6, 6.07) is 10.9. The first-order valence-corrected chi connectivity index (χ1v) is 13.5. The van der Waals surface area contributed by atoms with Gasteiger partial charge in [-0.3, -0.25) is 4.79 Å². The van der Waals surface area contributed by atoms with Gasteiger partial charge in [-0.15, -0.1) is 11.3 Å². The van der Waals surface area contributed by atoms with E-state index in [-0.39, 0.29) is 26.2 Å². The molecule has 0 atom stereocenters. The number of rotatable bonds is 11. The number of carbonyl (C=O) groups excluding carboxylic acids is 1. The molecule has 1 aromatic heterocycles. The molecule has 1 heterocycles. The minimum atomic E-state index is -4.73. The quantitative estimate of drug-likeness (QED) is 0.308. The van der Waals surface area contributed by atoms with Gasteiger partial charge < -0.3 is 9.64 Å². The van der Waals surface area contributed by atoms with E-state index in [0.29, 0.717) is 11.6 Å². The molecule has 0 N–H and O–H groups in total. The number of methoxy groups -OCH3 is 1. The SMILES string of the molecule is COCCN(CC(=O)N(Cc1ccc(F)cc1)Cc1sccc1C)S(=O)(=O)c1cccc(C(F)(F)F)c1. The molecule has 12 heteroatoms. The van der Waals surface area contributed by atoms with Gasteiger partial charge in [-0.2, -0.15) is 17.5 Å². The zero-order valence-electron chi connectivity index (χ0n) is 20.2. The van der Waals surface area contributed by atoms with Gasteiger partial charge in [0, 0.05) is 25.1 Å². The monoisotopic (exact) mass is 558 g/mol. The molecule has 0 spiro atoms. The molecule has 0 radical (unpaired) electrons. The van der Waals surface area contributed by atoms with Crippen LogP contribution in [0, 0.1) is 12.7 Å². The van der Waals surface area contributed by atoms with E-state index < -0.39 is 44.9 Å². The molecule has 0 aliphatic rings. The minimum absolute atomic E-state index is 0.0759. The van der Waals surface area contributed by atoms with Crippen molar-refractivity contribution in [2.75, 3.05) is 26.8 Å². The lowest BCUT2D eigenvalue weighted by atomic mass is 10.2. The topological polar surface area (TPSA) is 66.9 Å². The highest BCUT2D eigenvalue weighted by Crippen LogP contribution is 2.31. The molecule has 200 valence electrons. The Labute approximate surface area is 217 Å². The molecule has 1 amide bonds. The van der Waals surface area contributed by atoms with Crippen molar-refractivity contribution in [2.45, 2.75) is 31.1 Å². The fraction of sp³-hybridized carbons (Fsp3) is 0.320. The number of thiophene rings is 1. The van der Waals surface area contributed by atoms with Gasteiger partial charge in [0.2, 0.25) is 15.9 Å². The lowest BCUT2D eigenvalue weighted by Gasteiger charge is -2.27. The van der Waals surface area contributed by atoms with Crippen molar-refractivity contribution in [1.29, 1.82) is 0 Å². The van der Waals surface area contributed by atoms with Crippen LogP contribution in [0.5, 0.6) is 0 Å². The number of aryl methyl sites for hydroxylation is 1. The largest absolute Gasteiger partial charge is 0.416 e. The molecular weight excluding hydrogens is 532 g/mol. The van der Waals surface area contributed by atoms with Crippen LogP contribution in [0.2, 0.25) is 0 Å². The second-order valence-corrected chi connectivity index (χ2v) is 11.2. The number of amides is 1. The number of halogens is 4. The van der Waals surface area contributed by atoms with Crippen LogP contribution in [-0.4, -0.2) is 50.3 Å². The Bertz CT molecular complexity index is 1310. The summed E-state index contributed by atoms with van der Waals surface area (Å²) >= 11 is 1.44.